The highest BCUT2D eigenvalue weighted by atomic mass is 32.1. The third-order valence-corrected chi connectivity index (χ3v) is 3.97. The van der Waals surface area contributed by atoms with Crippen LogP contribution in [-0.2, 0) is 0 Å². The standard InChI is InChI=1S/C11H15N5S/c1-7-9-10(13-6-14-11(9)17-16-7)15-8-2-4-12-5-3-8/h6,8,12H,2-5H2,1H3,(H,13,14,15). The SMILES string of the molecule is Cc1nsc2ncnc(NC3CCNCC3)c12. The number of fused-ring (bicyclic) bond motifs is 1. The molecular formula is C11H15N5S. The fraction of sp³-hybridized carbons (Fsp3) is 0.545. The molecule has 0 atom stereocenters. The van der Waals surface area contributed by atoms with E-state index in [9.17, 15) is 0 Å². The zero-order valence-electron chi connectivity index (χ0n) is 9.73. The number of rotatable bonds is 2. The van der Waals surface area contributed by atoms with Gasteiger partial charge in [-0.25, -0.2) is 9.97 Å². The Kier molecular flexibility index (Phi) is 2.90. The molecule has 0 bridgehead atoms. The largest absolute Gasteiger partial charge is 0.367 e. The van der Waals surface area contributed by atoms with Crippen LogP contribution in [0, 0.1) is 6.92 Å². The first-order valence-electron chi connectivity index (χ1n) is 5.89. The van der Waals surface area contributed by atoms with Crippen molar-refractivity contribution in [1.29, 1.82) is 0 Å². The zero-order chi connectivity index (χ0) is 11.7. The van der Waals surface area contributed by atoms with Crippen molar-refractivity contribution in [2.24, 2.45) is 0 Å². The number of nitrogens with zero attached hydrogens (tertiary/aromatic N) is 3. The number of hydrogen-bond donors (Lipinski definition) is 2. The molecule has 90 valence electrons. The maximum atomic E-state index is 4.36. The molecule has 0 aliphatic carbocycles. The fourth-order valence-electron chi connectivity index (χ4n) is 2.19. The Hall–Kier alpha value is -1.27. The van der Waals surface area contributed by atoms with Gasteiger partial charge in [0, 0.05) is 6.04 Å². The summed E-state index contributed by atoms with van der Waals surface area (Å²) < 4.78 is 4.34. The van der Waals surface area contributed by atoms with Crippen molar-refractivity contribution >= 4 is 27.6 Å². The van der Waals surface area contributed by atoms with Crippen LogP contribution >= 0.6 is 11.5 Å². The lowest BCUT2D eigenvalue weighted by Crippen LogP contribution is -2.35. The molecule has 0 spiro atoms. The minimum atomic E-state index is 0.508. The van der Waals surface area contributed by atoms with Crippen molar-refractivity contribution in [2.45, 2.75) is 25.8 Å². The molecular weight excluding hydrogens is 234 g/mol. The molecule has 0 unspecified atom stereocenters. The van der Waals surface area contributed by atoms with E-state index in [4.69, 9.17) is 0 Å². The monoisotopic (exact) mass is 249 g/mol. The first kappa shape index (κ1) is 10.9. The van der Waals surface area contributed by atoms with E-state index in [0.717, 1.165) is 47.7 Å². The van der Waals surface area contributed by atoms with Crippen LogP contribution in [0.5, 0.6) is 0 Å². The van der Waals surface area contributed by atoms with Crippen molar-refractivity contribution < 1.29 is 0 Å². The highest BCUT2D eigenvalue weighted by Crippen LogP contribution is 2.26. The number of aryl methyl sites for hydroxylation is 1. The third kappa shape index (κ3) is 2.10. The molecule has 1 aliphatic rings. The number of aromatic nitrogens is 3. The Morgan fingerprint density at radius 1 is 1.35 bits per heavy atom. The van der Waals surface area contributed by atoms with Gasteiger partial charge in [-0.2, -0.15) is 4.37 Å². The lowest BCUT2D eigenvalue weighted by molar-refractivity contribution is 0.478. The highest BCUT2D eigenvalue weighted by Gasteiger charge is 2.16. The Morgan fingerprint density at radius 2 is 2.18 bits per heavy atom. The molecule has 1 saturated heterocycles. The topological polar surface area (TPSA) is 62.7 Å². The second kappa shape index (κ2) is 4.54. The van der Waals surface area contributed by atoms with Gasteiger partial charge in [0.15, 0.2) is 0 Å². The Balaban J connectivity index is 1.91. The molecule has 2 aromatic rings. The molecule has 5 nitrogen and oxygen atoms in total. The van der Waals surface area contributed by atoms with Crippen LogP contribution in [-0.4, -0.2) is 33.5 Å². The van der Waals surface area contributed by atoms with Crippen LogP contribution in [0.1, 0.15) is 18.5 Å². The molecule has 17 heavy (non-hydrogen) atoms. The molecule has 0 aromatic carbocycles. The summed E-state index contributed by atoms with van der Waals surface area (Å²) in [6, 6.07) is 0.508. The van der Waals surface area contributed by atoms with Crippen LogP contribution < -0.4 is 10.6 Å². The summed E-state index contributed by atoms with van der Waals surface area (Å²) >= 11 is 1.44. The van der Waals surface area contributed by atoms with Gasteiger partial charge in [0.05, 0.1) is 11.1 Å². The predicted molar refractivity (Wildman–Crippen MR) is 69.5 cm³/mol. The van der Waals surface area contributed by atoms with Crippen molar-refractivity contribution in [3.8, 4) is 0 Å². The van der Waals surface area contributed by atoms with Crippen molar-refractivity contribution in [3.05, 3.63) is 12.0 Å². The lowest BCUT2D eigenvalue weighted by atomic mass is 10.1. The van der Waals surface area contributed by atoms with Crippen LogP contribution in [0.4, 0.5) is 5.82 Å². The van der Waals surface area contributed by atoms with Gasteiger partial charge in [-0.1, -0.05) is 0 Å². The Labute approximate surface area is 104 Å². The maximum absolute atomic E-state index is 4.36. The van der Waals surface area contributed by atoms with Crippen LogP contribution in [0.3, 0.4) is 0 Å². The zero-order valence-corrected chi connectivity index (χ0v) is 10.5. The average Bonchev–Trinajstić information content (AvgIpc) is 2.74. The van der Waals surface area contributed by atoms with E-state index in [2.05, 4.69) is 25.0 Å². The Bertz CT molecular complexity index is 518. The average molecular weight is 249 g/mol. The second-order valence-corrected chi connectivity index (χ2v) is 5.09. The van der Waals surface area contributed by atoms with Crippen molar-refractivity contribution in [1.82, 2.24) is 19.7 Å². The minimum Gasteiger partial charge on any atom is -0.367 e. The number of anilines is 1. The molecule has 1 aliphatic heterocycles. The molecule has 0 amide bonds. The van der Waals surface area contributed by atoms with E-state index < -0.39 is 0 Å². The smallest absolute Gasteiger partial charge is 0.149 e. The van der Waals surface area contributed by atoms with Gasteiger partial charge in [-0.05, 0) is 44.4 Å². The molecule has 6 heteroatoms. The highest BCUT2D eigenvalue weighted by molar-refractivity contribution is 7.13. The van der Waals surface area contributed by atoms with E-state index in [1.54, 1.807) is 6.33 Å². The molecule has 1 fully saturated rings. The second-order valence-electron chi connectivity index (χ2n) is 4.34. The number of piperidine rings is 1. The van der Waals surface area contributed by atoms with Gasteiger partial charge in [-0.15, -0.1) is 0 Å². The van der Waals surface area contributed by atoms with Crippen LogP contribution in [0.25, 0.3) is 10.2 Å². The van der Waals surface area contributed by atoms with Gasteiger partial charge in [0.25, 0.3) is 0 Å². The summed E-state index contributed by atoms with van der Waals surface area (Å²) in [4.78, 5) is 9.57. The van der Waals surface area contributed by atoms with E-state index in [-0.39, 0.29) is 0 Å². The summed E-state index contributed by atoms with van der Waals surface area (Å²) in [5, 5.41) is 7.97. The summed E-state index contributed by atoms with van der Waals surface area (Å²) in [7, 11) is 0. The van der Waals surface area contributed by atoms with Crippen molar-refractivity contribution in [2.75, 3.05) is 18.4 Å². The Morgan fingerprint density at radius 3 is 3.00 bits per heavy atom. The minimum absolute atomic E-state index is 0.508. The molecule has 0 saturated carbocycles. The van der Waals surface area contributed by atoms with E-state index in [1.807, 2.05) is 6.92 Å². The van der Waals surface area contributed by atoms with E-state index in [0.29, 0.717) is 6.04 Å². The summed E-state index contributed by atoms with van der Waals surface area (Å²) in [6.45, 7) is 4.16. The number of nitrogens with one attached hydrogen (secondary N) is 2. The van der Waals surface area contributed by atoms with Gasteiger partial charge >= 0.3 is 0 Å². The van der Waals surface area contributed by atoms with Gasteiger partial charge < -0.3 is 10.6 Å². The molecule has 2 N–H and O–H groups in total. The summed E-state index contributed by atoms with van der Waals surface area (Å²) in [6.07, 6.45) is 3.90. The third-order valence-electron chi connectivity index (χ3n) is 3.12. The van der Waals surface area contributed by atoms with E-state index in [1.165, 1.54) is 11.5 Å². The van der Waals surface area contributed by atoms with E-state index >= 15 is 0 Å². The van der Waals surface area contributed by atoms with Gasteiger partial charge in [0.2, 0.25) is 0 Å². The van der Waals surface area contributed by atoms with Crippen molar-refractivity contribution in [3.63, 3.8) is 0 Å². The quantitative estimate of drug-likeness (QED) is 0.845. The lowest BCUT2D eigenvalue weighted by Gasteiger charge is -2.24. The van der Waals surface area contributed by atoms with Crippen LogP contribution in [0.2, 0.25) is 0 Å². The normalized spacial score (nSPS) is 17.5. The van der Waals surface area contributed by atoms with Gasteiger partial charge in [-0.3, -0.25) is 0 Å². The maximum Gasteiger partial charge on any atom is 0.149 e. The fourth-order valence-corrected chi connectivity index (χ4v) is 2.94. The molecule has 3 heterocycles. The molecule has 2 aromatic heterocycles. The first-order chi connectivity index (χ1) is 8.34. The summed E-state index contributed by atoms with van der Waals surface area (Å²) in [5.41, 5.74) is 1.02. The molecule has 0 radical (unpaired) electrons. The number of hydrogen-bond acceptors (Lipinski definition) is 6. The van der Waals surface area contributed by atoms with Gasteiger partial charge in [0.1, 0.15) is 17.0 Å². The predicted octanol–water partition coefficient (Wildman–Crippen LogP) is 1.56. The first-order valence-corrected chi connectivity index (χ1v) is 6.66. The molecule has 3 rings (SSSR count). The van der Waals surface area contributed by atoms with Crippen LogP contribution in [0.15, 0.2) is 6.33 Å². The summed E-state index contributed by atoms with van der Waals surface area (Å²) in [5.74, 6) is 0.938.